The first-order valence-electron chi connectivity index (χ1n) is 17.9. The fraction of sp³-hybridized carbons (Fsp3) is 0.0222. The van der Waals surface area contributed by atoms with E-state index in [1.807, 2.05) is 84.9 Å². The molecule has 0 atom stereocenters. The van der Waals surface area contributed by atoms with Gasteiger partial charge >= 0.3 is 0 Å². The zero-order valence-electron chi connectivity index (χ0n) is 29.6. The second-order valence-electron chi connectivity index (χ2n) is 14.5. The van der Waals surface area contributed by atoms with Crippen molar-refractivity contribution in [2.45, 2.75) is 16.2 Å². The summed E-state index contributed by atoms with van der Waals surface area (Å²) in [6.45, 7) is 0. The zero-order valence-corrected chi connectivity index (χ0v) is 31.2. The van der Waals surface area contributed by atoms with Crippen LogP contribution in [0.4, 0.5) is 11.4 Å². The maximum Gasteiger partial charge on any atom is 0.298 e. The van der Waals surface area contributed by atoms with Crippen LogP contribution in [-0.2, 0) is 26.7 Å². The normalized spacial score (nSPS) is 13.1. The van der Waals surface area contributed by atoms with Gasteiger partial charge in [0, 0.05) is 55.8 Å². The van der Waals surface area contributed by atoms with Gasteiger partial charge in [0.2, 0.25) is 0 Å². The van der Waals surface area contributed by atoms with Gasteiger partial charge in [-0.15, -0.1) is 0 Å². The van der Waals surface area contributed by atoms with Crippen LogP contribution in [-0.4, -0.2) is 25.9 Å². The lowest BCUT2D eigenvalue weighted by molar-refractivity contribution is 0.451. The maximum absolute atomic E-state index is 13.0. The Balaban J connectivity index is 1.05. The molecule has 1 aliphatic carbocycles. The van der Waals surface area contributed by atoms with Crippen molar-refractivity contribution in [3.63, 3.8) is 0 Å². The number of ether oxygens (including phenoxy) is 2. The van der Waals surface area contributed by atoms with Crippen LogP contribution in [0.3, 0.4) is 0 Å². The second kappa shape index (κ2) is 11.4. The molecule has 12 heteroatoms. The van der Waals surface area contributed by atoms with Crippen molar-refractivity contribution in [2.24, 2.45) is 0 Å². The van der Waals surface area contributed by atoms with Crippen molar-refractivity contribution in [1.29, 1.82) is 0 Å². The molecule has 10 aromatic carbocycles. The van der Waals surface area contributed by atoms with Crippen molar-refractivity contribution in [1.82, 2.24) is 0 Å². The van der Waals surface area contributed by atoms with E-state index in [1.54, 1.807) is 12.1 Å². The van der Waals surface area contributed by atoms with E-state index in [2.05, 4.69) is 0 Å². The summed E-state index contributed by atoms with van der Waals surface area (Å²) in [5.74, 6) is 0.286. The number of hydrogen-bond acceptors (Lipinski definition) is 8. The van der Waals surface area contributed by atoms with Gasteiger partial charge < -0.3 is 20.9 Å². The SMILES string of the molecule is Nc1cc(Oc2cc3c(cc2S(=O)(=O)O)-c2cc(S(=O)(=O)O)c(Oc4cc(N)c5ccc6cccc7ccc4c5c67)cc2C3)c2ccc3cccc4ccc1c2c43. The van der Waals surface area contributed by atoms with Crippen molar-refractivity contribution in [3.05, 3.63) is 132 Å². The molecule has 0 heterocycles. The highest BCUT2D eigenvalue weighted by molar-refractivity contribution is 7.86. The summed E-state index contributed by atoms with van der Waals surface area (Å²) in [5, 5.41) is 10.7. The topological polar surface area (TPSA) is 179 Å². The van der Waals surface area contributed by atoms with Crippen molar-refractivity contribution < 1.29 is 35.4 Å². The quantitative estimate of drug-likeness (QED) is 0.0719. The molecule has 278 valence electrons. The molecule has 0 unspecified atom stereocenters. The molecule has 10 nitrogen and oxygen atoms in total. The minimum atomic E-state index is -4.89. The van der Waals surface area contributed by atoms with Crippen LogP contribution >= 0.6 is 0 Å². The van der Waals surface area contributed by atoms with E-state index < -0.39 is 30.0 Å². The van der Waals surface area contributed by atoms with Crippen molar-refractivity contribution >= 4 is 96.2 Å². The van der Waals surface area contributed by atoms with Gasteiger partial charge in [-0.05, 0) is 97.4 Å². The fourth-order valence-corrected chi connectivity index (χ4v) is 10.1. The largest absolute Gasteiger partial charge is 0.455 e. The van der Waals surface area contributed by atoms with Crippen LogP contribution in [0.1, 0.15) is 11.1 Å². The molecule has 57 heavy (non-hydrogen) atoms. The maximum atomic E-state index is 13.0. The molecule has 0 spiro atoms. The predicted octanol–water partition coefficient (Wildman–Crippen LogP) is 10.3. The second-order valence-corrected chi connectivity index (χ2v) is 17.3. The number of nitrogen functional groups attached to an aromatic ring is 2. The number of benzene rings is 10. The summed E-state index contributed by atoms with van der Waals surface area (Å²) in [6, 6.07) is 36.3. The third-order valence-corrected chi connectivity index (χ3v) is 13.0. The lowest BCUT2D eigenvalue weighted by Crippen LogP contribution is -2.04. The first-order valence-corrected chi connectivity index (χ1v) is 20.8. The van der Waals surface area contributed by atoms with Crippen LogP contribution in [0.5, 0.6) is 23.0 Å². The highest BCUT2D eigenvalue weighted by Gasteiger charge is 2.31. The van der Waals surface area contributed by atoms with Crippen LogP contribution in [0.2, 0.25) is 0 Å². The Hall–Kier alpha value is -6.70. The monoisotopic (exact) mass is 788 g/mol. The molecule has 6 N–H and O–H groups in total. The molecule has 0 bridgehead atoms. The number of anilines is 2. The van der Waals surface area contributed by atoms with Crippen molar-refractivity contribution in [2.75, 3.05) is 11.5 Å². The van der Waals surface area contributed by atoms with E-state index in [1.165, 1.54) is 24.3 Å². The summed E-state index contributed by atoms with van der Waals surface area (Å²) in [4.78, 5) is -1.06. The zero-order chi connectivity index (χ0) is 39.1. The number of fused-ring (bicyclic) bond motifs is 3. The summed E-state index contributed by atoms with van der Waals surface area (Å²) in [5.41, 5.74) is 15.8. The Bertz CT molecular complexity index is 3370. The lowest BCUT2D eigenvalue weighted by atomic mass is 9.93. The molecule has 0 saturated carbocycles. The molecule has 10 aromatic rings. The van der Waals surface area contributed by atoms with Crippen LogP contribution in [0.25, 0.3) is 75.8 Å². The molecular weight excluding hydrogens is 761 g/mol. The fourth-order valence-electron chi connectivity index (χ4n) is 8.82. The Morgan fingerprint density at radius 1 is 0.439 bits per heavy atom. The smallest absolute Gasteiger partial charge is 0.298 e. The summed E-state index contributed by atoms with van der Waals surface area (Å²) >= 11 is 0. The van der Waals surface area contributed by atoms with E-state index in [9.17, 15) is 25.9 Å². The van der Waals surface area contributed by atoms with Gasteiger partial charge in [-0.1, -0.05) is 72.8 Å². The molecule has 1 aliphatic rings. The Labute approximate surface area is 324 Å². The van der Waals surface area contributed by atoms with Gasteiger partial charge in [-0.25, -0.2) is 0 Å². The van der Waals surface area contributed by atoms with E-state index in [0.717, 1.165) is 53.9 Å². The van der Waals surface area contributed by atoms with E-state index >= 15 is 0 Å². The van der Waals surface area contributed by atoms with Gasteiger partial charge in [0.05, 0.1) is 0 Å². The minimum absolute atomic E-state index is 0.144. The number of hydrogen-bond donors (Lipinski definition) is 4. The molecule has 0 fully saturated rings. The van der Waals surface area contributed by atoms with Crippen LogP contribution in [0, 0.1) is 0 Å². The average Bonchev–Trinajstić information content (AvgIpc) is 3.52. The highest BCUT2D eigenvalue weighted by atomic mass is 32.2. The van der Waals surface area contributed by atoms with Crippen LogP contribution < -0.4 is 20.9 Å². The number of rotatable bonds is 6. The Morgan fingerprint density at radius 2 is 0.807 bits per heavy atom. The summed E-state index contributed by atoms with van der Waals surface area (Å²) < 4.78 is 85.8. The Morgan fingerprint density at radius 3 is 1.18 bits per heavy atom. The molecule has 11 rings (SSSR count). The van der Waals surface area contributed by atoms with Crippen LogP contribution in [0.15, 0.2) is 131 Å². The molecule has 0 aliphatic heterocycles. The van der Waals surface area contributed by atoms with E-state index in [4.69, 9.17) is 20.9 Å². The first kappa shape index (κ1) is 33.6. The lowest BCUT2D eigenvalue weighted by Gasteiger charge is -2.18. The molecule has 0 radical (unpaired) electrons. The molecule has 0 aromatic heterocycles. The molecule has 0 amide bonds. The summed E-state index contributed by atoms with van der Waals surface area (Å²) in [7, 11) is -9.77. The van der Waals surface area contributed by atoms with E-state index in [0.29, 0.717) is 44.4 Å². The van der Waals surface area contributed by atoms with Gasteiger partial charge in [0.1, 0.15) is 32.8 Å². The van der Waals surface area contributed by atoms with Gasteiger partial charge in [-0.3, -0.25) is 9.11 Å². The van der Waals surface area contributed by atoms with Crippen molar-refractivity contribution in [3.8, 4) is 34.1 Å². The van der Waals surface area contributed by atoms with Gasteiger partial charge in [-0.2, -0.15) is 16.8 Å². The third-order valence-electron chi connectivity index (χ3n) is 11.3. The van der Waals surface area contributed by atoms with Gasteiger partial charge in [0.25, 0.3) is 20.2 Å². The average molecular weight is 789 g/mol. The molecule has 0 saturated heterocycles. The first-order chi connectivity index (χ1) is 27.3. The Kier molecular flexibility index (Phi) is 6.74. The van der Waals surface area contributed by atoms with E-state index in [-0.39, 0.29) is 29.4 Å². The summed E-state index contributed by atoms with van der Waals surface area (Å²) in [6.07, 6.45) is 0.218. The van der Waals surface area contributed by atoms with Gasteiger partial charge in [0.15, 0.2) is 0 Å². The highest BCUT2D eigenvalue weighted by Crippen LogP contribution is 2.49. The minimum Gasteiger partial charge on any atom is -0.455 e. The number of nitrogens with two attached hydrogens (primary N) is 2. The predicted molar refractivity (Wildman–Crippen MR) is 224 cm³/mol. The standard InChI is InChI=1S/C45H28N2O8S2/c46-34-20-36(30-13-9-24-5-1-3-22-7-11-28(34)44(30)42(22)24)54-38-16-26-15-27-17-39(41(57(51,52)53)19-33(27)32(26)18-40(38)56(48,49)50)55-37-21-35(47)29-12-8-23-4-2-6-25-10-14-31(37)45(29)43(23)25/h1-14,16-21H,15,46-47H2,(H,48,49,50)(H,51,52,53). The third kappa shape index (κ3) is 4.95. The molecular formula is C45H28N2O8S2.